The van der Waals surface area contributed by atoms with Crippen LogP contribution in [-0.4, -0.2) is 183 Å². The largest absolute Gasteiger partial charge is 0.491 e. The van der Waals surface area contributed by atoms with Gasteiger partial charge in [-0.2, -0.15) is 0 Å². The number of carbonyl (C=O) groups is 6. The quantitative estimate of drug-likeness (QED) is 0.0770. The van der Waals surface area contributed by atoms with Crippen molar-refractivity contribution in [2.75, 3.05) is 97.4 Å². The third-order valence-electron chi connectivity index (χ3n) is 13.7. The maximum atomic E-state index is 13.1. The van der Waals surface area contributed by atoms with E-state index in [0.29, 0.717) is 44.3 Å². The van der Waals surface area contributed by atoms with Gasteiger partial charge in [0.2, 0.25) is 39.6 Å². The number of amides is 6. The zero-order chi connectivity index (χ0) is 48.7. The summed E-state index contributed by atoms with van der Waals surface area (Å²) in [6, 6.07) is 12.6. The minimum atomic E-state index is -3.36. The number of benzene rings is 2. The van der Waals surface area contributed by atoms with E-state index in [2.05, 4.69) is 55.7 Å². The van der Waals surface area contributed by atoms with Crippen LogP contribution in [0.25, 0.3) is 0 Å². The normalized spacial score (nSPS) is 26.8. The highest BCUT2D eigenvalue weighted by atomic mass is 32.2. The number of carbonyl (C=O) groups excluding carboxylic acids is 6. The highest BCUT2D eigenvalue weighted by Crippen LogP contribution is 2.40. The van der Waals surface area contributed by atoms with Gasteiger partial charge in [-0.1, -0.05) is 30.3 Å². The summed E-state index contributed by atoms with van der Waals surface area (Å²) in [5.74, 6) is -1.14. The smallest absolute Gasteiger partial charge is 0.257 e. The van der Waals surface area contributed by atoms with Crippen molar-refractivity contribution in [1.82, 2.24) is 45.6 Å². The van der Waals surface area contributed by atoms with Crippen LogP contribution < -0.4 is 31.3 Å². The molecular formula is C46H63N9O12S2. The molecule has 23 heteroatoms. The van der Waals surface area contributed by atoms with Crippen molar-refractivity contribution in [3.63, 3.8) is 0 Å². The third kappa shape index (κ3) is 12.6. The molecule has 6 amide bonds. The predicted molar refractivity (Wildman–Crippen MR) is 252 cm³/mol. The van der Waals surface area contributed by atoms with Gasteiger partial charge >= 0.3 is 0 Å². The van der Waals surface area contributed by atoms with Crippen LogP contribution >= 0.6 is 11.8 Å². The Balaban J connectivity index is 0.683. The number of ether oxygens (including phenoxy) is 3. The van der Waals surface area contributed by atoms with Gasteiger partial charge in [0.25, 0.3) is 5.91 Å². The lowest BCUT2D eigenvalue weighted by Gasteiger charge is -2.43. The molecule has 376 valence electrons. The Morgan fingerprint density at radius 1 is 0.913 bits per heavy atom. The lowest BCUT2D eigenvalue weighted by molar-refractivity contribution is -0.140. The van der Waals surface area contributed by atoms with Crippen molar-refractivity contribution in [3.8, 4) is 5.75 Å². The summed E-state index contributed by atoms with van der Waals surface area (Å²) in [5.41, 5.74) is 2.64. The van der Waals surface area contributed by atoms with Gasteiger partial charge < -0.3 is 40.2 Å². The molecule has 21 nitrogen and oxygen atoms in total. The number of sulfonamides is 1. The monoisotopic (exact) mass is 997 g/mol. The first-order valence-corrected chi connectivity index (χ1v) is 26.6. The summed E-state index contributed by atoms with van der Waals surface area (Å²) >= 11 is 1.60. The van der Waals surface area contributed by atoms with E-state index >= 15 is 0 Å². The highest BCUT2D eigenvalue weighted by molar-refractivity contribution is 8.00. The van der Waals surface area contributed by atoms with Crippen LogP contribution in [0.5, 0.6) is 5.75 Å². The second-order valence-corrected chi connectivity index (χ2v) is 21.3. The summed E-state index contributed by atoms with van der Waals surface area (Å²) in [7, 11) is -3.36. The number of fused-ring (bicyclic) bond motifs is 1. The Morgan fingerprint density at radius 2 is 1.67 bits per heavy atom. The van der Waals surface area contributed by atoms with E-state index in [1.54, 1.807) is 30.0 Å². The molecule has 0 radical (unpaired) electrons. The summed E-state index contributed by atoms with van der Waals surface area (Å²) < 4.78 is 42.1. The van der Waals surface area contributed by atoms with Crippen molar-refractivity contribution in [2.45, 2.75) is 74.4 Å². The van der Waals surface area contributed by atoms with E-state index in [4.69, 9.17) is 14.2 Å². The van der Waals surface area contributed by atoms with Crippen LogP contribution in [-0.2, 0) is 43.5 Å². The summed E-state index contributed by atoms with van der Waals surface area (Å²) in [5, 5.41) is 26.1. The molecule has 0 aromatic heterocycles. The second-order valence-electron chi connectivity index (χ2n) is 18.2. The summed E-state index contributed by atoms with van der Waals surface area (Å²) in [6.45, 7) is 5.18. The number of thioether (sulfide) groups is 1. The average Bonchev–Trinajstić information content (AvgIpc) is 4.10. The number of piperidine rings is 2. The minimum absolute atomic E-state index is 0.0438. The van der Waals surface area contributed by atoms with Gasteiger partial charge in [0.15, 0.2) is 6.23 Å². The number of imide groups is 1. The van der Waals surface area contributed by atoms with E-state index in [0.717, 1.165) is 54.9 Å². The Hall–Kier alpha value is -4.72. The first-order valence-electron chi connectivity index (χ1n) is 23.7. The molecule has 5 fully saturated rings. The van der Waals surface area contributed by atoms with Gasteiger partial charge in [-0.3, -0.25) is 49.2 Å². The lowest BCUT2D eigenvalue weighted by atomic mass is 9.86. The van der Waals surface area contributed by atoms with Crippen molar-refractivity contribution < 1.29 is 56.5 Å². The van der Waals surface area contributed by atoms with Gasteiger partial charge in [0, 0.05) is 57.5 Å². The van der Waals surface area contributed by atoms with Crippen LogP contribution in [0.3, 0.4) is 0 Å². The molecule has 7 atom stereocenters. The molecule has 8 rings (SSSR count). The molecule has 5 saturated heterocycles. The van der Waals surface area contributed by atoms with E-state index in [1.807, 2.05) is 4.90 Å². The molecule has 0 bridgehead atoms. The Labute approximate surface area is 406 Å². The fraction of sp³-hybridized carbons (Fsp3) is 0.609. The number of rotatable bonds is 19. The van der Waals surface area contributed by atoms with Crippen molar-refractivity contribution in [2.24, 2.45) is 5.92 Å². The average molecular weight is 998 g/mol. The summed E-state index contributed by atoms with van der Waals surface area (Å²) in [4.78, 5) is 80.9. The number of aliphatic hydroxyl groups is 1. The van der Waals surface area contributed by atoms with E-state index in [9.17, 15) is 42.3 Å². The number of nitrogens with one attached hydrogen (secondary N) is 5. The molecule has 6 aliphatic rings. The van der Waals surface area contributed by atoms with E-state index in [-0.39, 0.29) is 105 Å². The number of hydrogen-bond donors (Lipinski definition) is 6. The second kappa shape index (κ2) is 23.0. The molecular weight excluding hydrogens is 935 g/mol. The predicted octanol–water partition coefficient (Wildman–Crippen LogP) is -0.447. The molecule has 2 aromatic carbocycles. The number of aliphatic hydroxyl groups excluding tert-OH is 1. The number of nitrogens with zero attached hydrogens (tertiary/aromatic N) is 4. The zero-order valence-electron chi connectivity index (χ0n) is 38.8. The molecule has 0 saturated carbocycles. The molecule has 6 N–H and O–H groups in total. The van der Waals surface area contributed by atoms with Crippen LogP contribution in [0.2, 0.25) is 0 Å². The first-order chi connectivity index (χ1) is 33.2. The summed E-state index contributed by atoms with van der Waals surface area (Å²) in [6.07, 6.45) is 2.80. The Bertz CT molecular complexity index is 2340. The molecule has 69 heavy (non-hydrogen) atoms. The van der Waals surface area contributed by atoms with Crippen molar-refractivity contribution >= 4 is 57.2 Å². The van der Waals surface area contributed by atoms with Crippen LogP contribution in [0.1, 0.15) is 83.8 Å². The topological polar surface area (TPSA) is 258 Å². The molecule has 0 spiro atoms. The Morgan fingerprint density at radius 3 is 2.43 bits per heavy atom. The van der Waals surface area contributed by atoms with Gasteiger partial charge in [0.05, 0.1) is 68.9 Å². The van der Waals surface area contributed by atoms with E-state index < -0.39 is 45.9 Å². The van der Waals surface area contributed by atoms with Gasteiger partial charge in [0.1, 0.15) is 23.9 Å². The fourth-order valence-corrected chi connectivity index (χ4v) is 11.9. The highest BCUT2D eigenvalue weighted by Gasteiger charge is 2.46. The molecule has 7 unspecified atom stereocenters. The minimum Gasteiger partial charge on any atom is -0.491 e. The number of piperazine rings is 1. The van der Waals surface area contributed by atoms with Gasteiger partial charge in [-0.15, -0.1) is 11.8 Å². The van der Waals surface area contributed by atoms with Gasteiger partial charge in [-0.05, 0) is 61.4 Å². The SMILES string of the molecule is CS(=O)(=O)N1CCC(C(=O)NCC(=O)NC2NC(c3cccc(C4CCNC(N5CCN(C(=O)CCOCCOCCOc6cccc7c6C(O)N(C6CCC(=O)NC6=O)C7=O)CC5)C4)c3)CS2)C1. The Kier molecular flexibility index (Phi) is 16.9. The lowest BCUT2D eigenvalue weighted by Crippen LogP contribution is -2.57. The van der Waals surface area contributed by atoms with E-state index in [1.165, 1.54) is 9.87 Å². The third-order valence-corrected chi connectivity index (χ3v) is 16.1. The van der Waals surface area contributed by atoms with Crippen molar-refractivity contribution in [3.05, 3.63) is 64.7 Å². The first kappa shape index (κ1) is 50.7. The molecule has 0 aliphatic carbocycles. The molecule has 6 heterocycles. The molecule has 6 aliphatic heterocycles. The van der Waals surface area contributed by atoms with Crippen LogP contribution in [0.15, 0.2) is 42.5 Å². The molecule has 2 aromatic rings. The van der Waals surface area contributed by atoms with Gasteiger partial charge in [-0.25, -0.2) is 12.7 Å². The van der Waals surface area contributed by atoms with Crippen LogP contribution in [0.4, 0.5) is 0 Å². The van der Waals surface area contributed by atoms with Crippen LogP contribution in [0, 0.1) is 5.92 Å². The number of hydrogen-bond acceptors (Lipinski definition) is 16. The fourth-order valence-electron chi connectivity index (χ4n) is 9.91. The standard InChI is InChI=1S/C46H63N9O12S2/c1-69(63,64)54-14-11-32(27-54)42(59)48-26-39(57)51-46-49-34(28-68-46)31-5-2-4-29(24-31)30-10-13-47-37(25-30)52-15-17-53(18-16-52)40(58)12-19-65-20-21-66-22-23-67-36-7-3-6-33-41(36)45(62)55(44(33)61)35-8-9-38(56)50-43(35)60/h2-7,24,30,32,34-35,37,45-47,49,62H,8-23,25-28H2,1H3,(H,48,59)(H,51,57)(H,50,56,60). The maximum Gasteiger partial charge on any atom is 0.257 e. The zero-order valence-corrected chi connectivity index (χ0v) is 40.4. The van der Waals surface area contributed by atoms with Crippen molar-refractivity contribution in [1.29, 1.82) is 0 Å². The maximum absolute atomic E-state index is 13.1.